The number of thioether (sulfide) groups is 2. The zero-order valence-electron chi connectivity index (χ0n) is 15.8. The Labute approximate surface area is 178 Å². The summed E-state index contributed by atoms with van der Waals surface area (Å²) in [5.74, 6) is 1.68. The Bertz CT molecular complexity index is 936. The van der Waals surface area contributed by atoms with E-state index in [4.69, 9.17) is 4.98 Å². The van der Waals surface area contributed by atoms with Crippen LogP contribution < -0.4 is 4.90 Å². The van der Waals surface area contributed by atoms with Crippen LogP contribution in [0.15, 0.2) is 53.4 Å². The Balaban J connectivity index is 1.28. The van der Waals surface area contributed by atoms with Gasteiger partial charge in [-0.25, -0.2) is 4.98 Å². The van der Waals surface area contributed by atoms with Crippen molar-refractivity contribution in [2.24, 2.45) is 0 Å². The van der Waals surface area contributed by atoms with Crippen molar-refractivity contribution in [2.75, 3.05) is 43.1 Å². The molecule has 1 fully saturated rings. The van der Waals surface area contributed by atoms with Gasteiger partial charge < -0.3 is 9.80 Å². The Morgan fingerprint density at radius 1 is 1.11 bits per heavy atom. The summed E-state index contributed by atoms with van der Waals surface area (Å²) in [6, 6.07) is 16.8. The number of rotatable bonds is 6. The molecule has 146 valence electrons. The normalized spacial score (nSPS) is 14.6. The van der Waals surface area contributed by atoms with E-state index in [1.54, 1.807) is 34.9 Å². The number of hydrogen-bond donors (Lipinski definition) is 0. The fourth-order valence-corrected chi connectivity index (χ4v) is 5.68. The number of thiazole rings is 1. The molecule has 0 N–H and O–H groups in total. The second-order valence-electron chi connectivity index (χ2n) is 6.68. The van der Waals surface area contributed by atoms with Crippen molar-refractivity contribution in [3.05, 3.63) is 54.1 Å². The van der Waals surface area contributed by atoms with Gasteiger partial charge >= 0.3 is 0 Å². The Kier molecular flexibility index (Phi) is 6.44. The van der Waals surface area contributed by atoms with Crippen molar-refractivity contribution in [3.63, 3.8) is 0 Å². The van der Waals surface area contributed by atoms with Gasteiger partial charge in [-0.3, -0.25) is 4.79 Å². The lowest BCUT2D eigenvalue weighted by atomic mass is 10.2. The van der Waals surface area contributed by atoms with E-state index in [1.807, 2.05) is 23.1 Å². The van der Waals surface area contributed by atoms with Crippen LogP contribution in [-0.2, 0) is 10.5 Å². The predicted octanol–water partition coefficient (Wildman–Crippen LogP) is 4.60. The molecule has 2 aromatic carbocycles. The second-order valence-corrected chi connectivity index (χ2v) is 9.55. The summed E-state index contributed by atoms with van der Waals surface area (Å²) < 4.78 is 1.23. The number of hydrogen-bond acceptors (Lipinski definition) is 6. The van der Waals surface area contributed by atoms with E-state index in [0.717, 1.165) is 42.6 Å². The molecule has 1 amide bonds. The smallest absolute Gasteiger partial charge is 0.232 e. The number of amides is 1. The molecule has 0 radical (unpaired) electrons. The minimum absolute atomic E-state index is 0.245. The van der Waals surface area contributed by atoms with Gasteiger partial charge in [-0.05, 0) is 30.0 Å². The molecule has 2 heterocycles. The molecule has 0 aliphatic carbocycles. The van der Waals surface area contributed by atoms with Gasteiger partial charge in [0.15, 0.2) is 5.13 Å². The minimum atomic E-state index is 0.245. The number of piperazine rings is 1. The molecule has 1 aliphatic rings. The van der Waals surface area contributed by atoms with Crippen molar-refractivity contribution < 1.29 is 4.79 Å². The predicted molar refractivity (Wildman–Crippen MR) is 123 cm³/mol. The monoisotopic (exact) mass is 429 g/mol. The lowest BCUT2D eigenvalue weighted by molar-refractivity contribution is -0.128. The minimum Gasteiger partial charge on any atom is -0.345 e. The zero-order chi connectivity index (χ0) is 19.3. The lowest BCUT2D eigenvalue weighted by Crippen LogP contribution is -2.49. The number of anilines is 1. The summed E-state index contributed by atoms with van der Waals surface area (Å²) in [5, 5.41) is 1.07. The molecule has 1 aromatic heterocycles. The molecule has 0 unspecified atom stereocenters. The highest BCUT2D eigenvalue weighted by Gasteiger charge is 2.23. The lowest BCUT2D eigenvalue weighted by Gasteiger charge is -2.34. The van der Waals surface area contributed by atoms with Crippen LogP contribution in [0, 0.1) is 0 Å². The molecule has 3 aromatic rings. The van der Waals surface area contributed by atoms with E-state index in [2.05, 4.69) is 41.5 Å². The number of carbonyl (C=O) groups excluding carboxylic acids is 1. The first-order chi connectivity index (χ1) is 13.7. The quantitative estimate of drug-likeness (QED) is 0.535. The van der Waals surface area contributed by atoms with Crippen molar-refractivity contribution in [2.45, 2.75) is 10.6 Å². The third kappa shape index (κ3) is 4.64. The number of fused-ring (bicyclic) bond motifs is 1. The Hall–Kier alpha value is -1.70. The molecule has 1 aliphatic heterocycles. The van der Waals surface area contributed by atoms with Gasteiger partial charge in [-0.15, -0.1) is 23.5 Å². The number of benzene rings is 2. The summed E-state index contributed by atoms with van der Waals surface area (Å²) >= 11 is 5.20. The molecule has 7 heteroatoms. The third-order valence-electron chi connectivity index (χ3n) is 4.82. The summed E-state index contributed by atoms with van der Waals surface area (Å²) in [7, 11) is 0. The van der Waals surface area contributed by atoms with Gasteiger partial charge in [-0.2, -0.15) is 0 Å². The summed E-state index contributed by atoms with van der Waals surface area (Å²) in [6.45, 7) is 3.25. The molecule has 4 nitrogen and oxygen atoms in total. The Morgan fingerprint density at radius 2 is 1.89 bits per heavy atom. The highest BCUT2D eigenvalue weighted by molar-refractivity contribution is 7.99. The SMILES string of the molecule is CSc1ccc2nc(N3CCN(C(=O)CSCc4ccccc4)CC3)sc2c1. The highest BCUT2D eigenvalue weighted by atomic mass is 32.2. The first kappa shape index (κ1) is 19.6. The molecule has 1 saturated heterocycles. The fraction of sp³-hybridized carbons (Fsp3) is 0.333. The molecule has 4 rings (SSSR count). The van der Waals surface area contributed by atoms with Gasteiger partial charge in [0.1, 0.15) is 0 Å². The standard InChI is InChI=1S/C21H23N3OS3/c1-26-17-7-8-18-19(13-17)28-21(22-18)24-11-9-23(10-12-24)20(25)15-27-14-16-5-3-2-4-6-16/h2-8,13H,9-12,14-15H2,1H3. The van der Waals surface area contributed by atoms with E-state index in [0.29, 0.717) is 5.75 Å². The third-order valence-corrected chi connectivity index (χ3v) is 7.62. The van der Waals surface area contributed by atoms with E-state index in [1.165, 1.54) is 15.2 Å². The molecule has 28 heavy (non-hydrogen) atoms. The molecular weight excluding hydrogens is 406 g/mol. The summed E-state index contributed by atoms with van der Waals surface area (Å²) in [5.41, 5.74) is 2.33. The Morgan fingerprint density at radius 3 is 2.64 bits per heavy atom. The van der Waals surface area contributed by atoms with Gasteiger partial charge in [0.05, 0.1) is 16.0 Å². The summed E-state index contributed by atoms with van der Waals surface area (Å²) in [4.78, 5) is 22.9. The van der Waals surface area contributed by atoms with E-state index in [-0.39, 0.29) is 5.91 Å². The van der Waals surface area contributed by atoms with Crippen LogP contribution >= 0.6 is 34.9 Å². The maximum atomic E-state index is 12.5. The first-order valence-electron chi connectivity index (χ1n) is 9.32. The second kappa shape index (κ2) is 9.20. The van der Waals surface area contributed by atoms with Crippen LogP contribution in [0.1, 0.15) is 5.56 Å². The van der Waals surface area contributed by atoms with Crippen LogP contribution in [0.2, 0.25) is 0 Å². The molecule has 0 saturated carbocycles. The molecular formula is C21H23N3OS3. The molecule has 0 atom stereocenters. The van der Waals surface area contributed by atoms with Gasteiger partial charge in [-0.1, -0.05) is 41.7 Å². The number of aromatic nitrogens is 1. The average molecular weight is 430 g/mol. The van der Waals surface area contributed by atoms with E-state index < -0.39 is 0 Å². The highest BCUT2D eigenvalue weighted by Crippen LogP contribution is 2.32. The van der Waals surface area contributed by atoms with Crippen LogP contribution in [0.5, 0.6) is 0 Å². The fourth-order valence-electron chi connectivity index (χ4n) is 3.22. The van der Waals surface area contributed by atoms with E-state index in [9.17, 15) is 4.79 Å². The maximum absolute atomic E-state index is 12.5. The molecule has 0 bridgehead atoms. The van der Waals surface area contributed by atoms with Crippen molar-refractivity contribution in [3.8, 4) is 0 Å². The van der Waals surface area contributed by atoms with Gasteiger partial charge in [0.25, 0.3) is 0 Å². The van der Waals surface area contributed by atoms with Crippen LogP contribution in [-0.4, -0.2) is 54.0 Å². The van der Waals surface area contributed by atoms with Gasteiger partial charge in [0, 0.05) is 36.8 Å². The average Bonchev–Trinajstić information content (AvgIpc) is 3.18. The van der Waals surface area contributed by atoms with Crippen LogP contribution in [0.25, 0.3) is 10.2 Å². The van der Waals surface area contributed by atoms with Crippen molar-refractivity contribution >= 4 is 56.1 Å². The zero-order valence-corrected chi connectivity index (χ0v) is 18.3. The first-order valence-corrected chi connectivity index (χ1v) is 12.5. The van der Waals surface area contributed by atoms with Crippen LogP contribution in [0.3, 0.4) is 0 Å². The van der Waals surface area contributed by atoms with Crippen LogP contribution in [0.4, 0.5) is 5.13 Å². The summed E-state index contributed by atoms with van der Waals surface area (Å²) in [6.07, 6.45) is 2.09. The van der Waals surface area contributed by atoms with Gasteiger partial charge in [0.2, 0.25) is 5.91 Å². The molecule has 0 spiro atoms. The van der Waals surface area contributed by atoms with Crippen molar-refractivity contribution in [1.82, 2.24) is 9.88 Å². The number of nitrogens with zero attached hydrogens (tertiary/aromatic N) is 3. The topological polar surface area (TPSA) is 36.4 Å². The maximum Gasteiger partial charge on any atom is 0.232 e. The number of carbonyl (C=O) groups is 1. The largest absolute Gasteiger partial charge is 0.345 e. The van der Waals surface area contributed by atoms with E-state index >= 15 is 0 Å². The van der Waals surface area contributed by atoms with Crippen molar-refractivity contribution in [1.29, 1.82) is 0 Å².